The molecule has 2 rings (SSSR count). The molecule has 1 aromatic carbocycles. The van der Waals surface area contributed by atoms with Crippen molar-refractivity contribution in [2.24, 2.45) is 0 Å². The van der Waals surface area contributed by atoms with Crippen molar-refractivity contribution in [3.8, 4) is 11.8 Å². The molecular weight excluding hydrogens is 289 g/mol. The number of hydrogen-bond donors (Lipinski definition) is 1. The highest BCUT2D eigenvalue weighted by Crippen LogP contribution is 2.22. The first-order chi connectivity index (χ1) is 8.04. The number of nitrogens with two attached hydrogens (primary N) is 1. The molecular formula is C11H9BrFN3O. The van der Waals surface area contributed by atoms with Gasteiger partial charge in [-0.15, -0.1) is 0 Å². The minimum Gasteiger partial charge on any atom is -0.424 e. The summed E-state index contributed by atoms with van der Waals surface area (Å²) in [7, 11) is 0. The summed E-state index contributed by atoms with van der Waals surface area (Å²) in [6.07, 6.45) is 0. The molecule has 1 aromatic heterocycles. The van der Waals surface area contributed by atoms with Crippen molar-refractivity contribution in [3.63, 3.8) is 0 Å². The summed E-state index contributed by atoms with van der Waals surface area (Å²) < 4.78 is 19.0. The SMILES string of the molecule is Cc1cc(Oc2nc(N)cc(Br)n2)ccc1F. The highest BCUT2D eigenvalue weighted by Gasteiger charge is 2.05. The maximum absolute atomic E-state index is 13.1. The van der Waals surface area contributed by atoms with Crippen LogP contribution in [0.25, 0.3) is 0 Å². The number of halogens is 2. The quantitative estimate of drug-likeness (QED) is 0.866. The molecule has 0 aliphatic carbocycles. The zero-order valence-corrected chi connectivity index (χ0v) is 10.5. The van der Waals surface area contributed by atoms with Gasteiger partial charge in [-0.1, -0.05) is 0 Å². The van der Waals surface area contributed by atoms with Gasteiger partial charge in [0.25, 0.3) is 0 Å². The van der Waals surface area contributed by atoms with Crippen LogP contribution in [0, 0.1) is 12.7 Å². The Morgan fingerprint density at radius 2 is 2.06 bits per heavy atom. The molecule has 2 aromatic rings. The van der Waals surface area contributed by atoms with Crippen molar-refractivity contribution in [3.05, 3.63) is 40.2 Å². The molecule has 0 atom stereocenters. The summed E-state index contributed by atoms with van der Waals surface area (Å²) in [6, 6.07) is 6.07. The van der Waals surface area contributed by atoms with Gasteiger partial charge < -0.3 is 10.5 Å². The largest absolute Gasteiger partial charge is 0.424 e. The second kappa shape index (κ2) is 4.67. The van der Waals surface area contributed by atoms with E-state index in [4.69, 9.17) is 10.5 Å². The van der Waals surface area contributed by atoms with E-state index in [-0.39, 0.29) is 11.8 Å². The summed E-state index contributed by atoms with van der Waals surface area (Å²) in [5.74, 6) is 0.467. The monoisotopic (exact) mass is 297 g/mol. The van der Waals surface area contributed by atoms with Crippen LogP contribution in [0.4, 0.5) is 10.2 Å². The minimum atomic E-state index is -0.285. The lowest BCUT2D eigenvalue weighted by Gasteiger charge is -2.05. The zero-order chi connectivity index (χ0) is 12.4. The number of aromatic nitrogens is 2. The number of rotatable bonds is 2. The average molecular weight is 298 g/mol. The fourth-order valence-electron chi connectivity index (χ4n) is 1.25. The Hall–Kier alpha value is -1.69. The predicted molar refractivity (Wildman–Crippen MR) is 65.4 cm³/mol. The van der Waals surface area contributed by atoms with Crippen LogP contribution in [-0.2, 0) is 0 Å². The van der Waals surface area contributed by atoms with Crippen molar-refractivity contribution < 1.29 is 9.13 Å². The Labute approximate surface area is 106 Å². The second-order valence-corrected chi connectivity index (χ2v) is 4.22. The number of nitrogen functional groups attached to an aromatic ring is 1. The molecule has 0 aliphatic heterocycles. The highest BCUT2D eigenvalue weighted by molar-refractivity contribution is 9.10. The Kier molecular flexibility index (Phi) is 3.23. The van der Waals surface area contributed by atoms with E-state index in [1.807, 2.05) is 0 Å². The number of benzene rings is 1. The van der Waals surface area contributed by atoms with E-state index >= 15 is 0 Å². The minimum absolute atomic E-state index is 0.114. The Morgan fingerprint density at radius 1 is 1.29 bits per heavy atom. The maximum Gasteiger partial charge on any atom is 0.325 e. The topological polar surface area (TPSA) is 61.0 Å². The lowest BCUT2D eigenvalue weighted by Crippen LogP contribution is -1.97. The van der Waals surface area contributed by atoms with Gasteiger partial charge in [0.1, 0.15) is 22.0 Å². The molecule has 0 radical (unpaired) electrons. The summed E-state index contributed by atoms with van der Waals surface area (Å²) in [4.78, 5) is 7.89. The van der Waals surface area contributed by atoms with Gasteiger partial charge in [-0.3, -0.25) is 0 Å². The number of anilines is 1. The summed E-state index contributed by atoms with van der Waals surface area (Å²) in [5, 5.41) is 0. The Balaban J connectivity index is 2.28. The number of ether oxygens (including phenoxy) is 1. The van der Waals surface area contributed by atoms with E-state index in [1.54, 1.807) is 19.1 Å². The van der Waals surface area contributed by atoms with Gasteiger partial charge in [-0.2, -0.15) is 9.97 Å². The molecule has 0 unspecified atom stereocenters. The molecule has 0 amide bonds. The molecule has 0 bridgehead atoms. The van der Waals surface area contributed by atoms with Crippen molar-refractivity contribution in [1.29, 1.82) is 0 Å². The van der Waals surface area contributed by atoms with Crippen LogP contribution in [-0.4, -0.2) is 9.97 Å². The Bertz CT molecular complexity index is 542. The molecule has 88 valence electrons. The van der Waals surface area contributed by atoms with Crippen LogP contribution in [0.3, 0.4) is 0 Å². The third-order valence-corrected chi connectivity index (χ3v) is 2.44. The van der Waals surface area contributed by atoms with Crippen molar-refractivity contribution in [2.75, 3.05) is 5.73 Å². The van der Waals surface area contributed by atoms with Crippen molar-refractivity contribution in [1.82, 2.24) is 9.97 Å². The van der Waals surface area contributed by atoms with Crippen LogP contribution >= 0.6 is 15.9 Å². The number of nitrogens with zero attached hydrogens (tertiary/aromatic N) is 2. The molecule has 4 nitrogen and oxygen atoms in total. The normalized spacial score (nSPS) is 10.3. The van der Waals surface area contributed by atoms with Crippen LogP contribution in [0.1, 0.15) is 5.56 Å². The van der Waals surface area contributed by atoms with E-state index in [9.17, 15) is 4.39 Å². The summed E-state index contributed by atoms with van der Waals surface area (Å²) >= 11 is 3.18. The van der Waals surface area contributed by atoms with Gasteiger partial charge in [-0.05, 0) is 46.6 Å². The van der Waals surface area contributed by atoms with Crippen LogP contribution in [0.15, 0.2) is 28.9 Å². The molecule has 17 heavy (non-hydrogen) atoms. The van der Waals surface area contributed by atoms with E-state index in [1.165, 1.54) is 12.1 Å². The first-order valence-corrected chi connectivity index (χ1v) is 5.58. The molecule has 0 saturated heterocycles. The van der Waals surface area contributed by atoms with Gasteiger partial charge in [0.2, 0.25) is 0 Å². The Morgan fingerprint density at radius 3 is 2.71 bits per heavy atom. The zero-order valence-electron chi connectivity index (χ0n) is 8.95. The molecule has 1 heterocycles. The fourth-order valence-corrected chi connectivity index (χ4v) is 1.63. The predicted octanol–water partition coefficient (Wildman–Crippen LogP) is 3.06. The van der Waals surface area contributed by atoms with Crippen molar-refractivity contribution >= 4 is 21.7 Å². The van der Waals surface area contributed by atoms with Crippen molar-refractivity contribution in [2.45, 2.75) is 6.92 Å². The first kappa shape index (κ1) is 11.8. The first-order valence-electron chi connectivity index (χ1n) is 4.78. The number of aryl methyl sites for hydroxylation is 1. The molecule has 2 N–H and O–H groups in total. The van der Waals surface area contributed by atoms with E-state index < -0.39 is 0 Å². The third kappa shape index (κ3) is 2.91. The van der Waals surface area contributed by atoms with E-state index in [0.717, 1.165) is 0 Å². The number of hydrogen-bond acceptors (Lipinski definition) is 4. The summed E-state index contributed by atoms with van der Waals surface area (Å²) in [5.41, 5.74) is 6.04. The van der Waals surface area contributed by atoms with Crippen LogP contribution in [0.5, 0.6) is 11.8 Å². The fraction of sp³-hybridized carbons (Fsp3) is 0.0909. The molecule has 6 heteroatoms. The van der Waals surface area contributed by atoms with E-state index in [2.05, 4.69) is 25.9 Å². The molecule has 0 saturated carbocycles. The lowest BCUT2D eigenvalue weighted by atomic mass is 10.2. The third-order valence-electron chi connectivity index (χ3n) is 2.03. The molecule has 0 aliphatic rings. The standard InChI is InChI=1S/C11H9BrFN3O/c1-6-4-7(2-3-8(6)13)17-11-15-9(12)5-10(14)16-11/h2-5H,1H3,(H2,14,15,16). The van der Waals surface area contributed by atoms with Gasteiger partial charge in [0, 0.05) is 6.07 Å². The average Bonchev–Trinajstić information content (AvgIpc) is 2.22. The van der Waals surface area contributed by atoms with Gasteiger partial charge in [0.05, 0.1) is 0 Å². The van der Waals surface area contributed by atoms with Gasteiger partial charge in [0.15, 0.2) is 0 Å². The van der Waals surface area contributed by atoms with Gasteiger partial charge in [-0.25, -0.2) is 4.39 Å². The maximum atomic E-state index is 13.1. The molecule has 0 fully saturated rings. The van der Waals surface area contributed by atoms with E-state index in [0.29, 0.717) is 21.7 Å². The van der Waals surface area contributed by atoms with Crippen LogP contribution in [0.2, 0.25) is 0 Å². The highest BCUT2D eigenvalue weighted by atomic mass is 79.9. The summed E-state index contributed by atoms with van der Waals surface area (Å²) in [6.45, 7) is 1.65. The van der Waals surface area contributed by atoms with Crippen LogP contribution < -0.4 is 10.5 Å². The smallest absolute Gasteiger partial charge is 0.325 e. The molecule has 0 spiro atoms. The van der Waals surface area contributed by atoms with Gasteiger partial charge >= 0.3 is 6.01 Å². The lowest BCUT2D eigenvalue weighted by molar-refractivity contribution is 0.439. The second-order valence-electron chi connectivity index (χ2n) is 3.41.